The van der Waals surface area contributed by atoms with Crippen LogP contribution in [0.1, 0.15) is 74.7 Å². The Kier molecular flexibility index (Phi) is 6.01. The Hall–Kier alpha value is -2.09. The minimum atomic E-state index is -1.96. The highest BCUT2D eigenvalue weighted by molar-refractivity contribution is 6.02. The van der Waals surface area contributed by atoms with Crippen molar-refractivity contribution >= 4 is 17.3 Å². The number of hydrogen-bond donors (Lipinski definition) is 4. The molecule has 4 N–H and O–H groups in total. The molecular weight excluding hydrogens is 472 g/mol. The van der Waals surface area contributed by atoms with Crippen LogP contribution in [0.4, 0.5) is 0 Å². The average Bonchev–Trinajstić information content (AvgIpc) is 2.96. The lowest BCUT2D eigenvalue weighted by atomic mass is 9.39. The molecule has 0 bridgehead atoms. The van der Waals surface area contributed by atoms with Gasteiger partial charge in [0.15, 0.2) is 11.5 Å². The molecule has 204 valence electrons. The molecule has 8 atom stereocenters. The van der Waals surface area contributed by atoms with Gasteiger partial charge in [0.25, 0.3) is 0 Å². The van der Waals surface area contributed by atoms with Gasteiger partial charge in [-0.15, -0.1) is 0 Å². The number of Topliss-reactive ketones (excluding diaryl/α,β-unsaturated/α-hetero) is 2. The molecule has 37 heavy (non-hydrogen) atoms. The van der Waals surface area contributed by atoms with Crippen molar-refractivity contribution < 1.29 is 34.8 Å². The summed E-state index contributed by atoms with van der Waals surface area (Å²) >= 11 is 0. The largest absolute Gasteiger partial charge is 0.505 e. The number of aliphatic hydroxyl groups is 4. The molecule has 4 aliphatic rings. The summed E-state index contributed by atoms with van der Waals surface area (Å²) in [4.78, 5) is 40.1. The topological polar surface area (TPSA) is 132 Å². The highest BCUT2D eigenvalue weighted by atomic mass is 16.3. The summed E-state index contributed by atoms with van der Waals surface area (Å²) in [5.41, 5.74) is -5.75. The van der Waals surface area contributed by atoms with E-state index >= 15 is 0 Å². The van der Waals surface area contributed by atoms with Crippen molar-refractivity contribution in [1.82, 2.24) is 0 Å². The summed E-state index contributed by atoms with van der Waals surface area (Å²) in [7, 11) is 0. The van der Waals surface area contributed by atoms with Crippen molar-refractivity contribution in [1.29, 1.82) is 0 Å². The van der Waals surface area contributed by atoms with Gasteiger partial charge in [0, 0.05) is 23.7 Å². The van der Waals surface area contributed by atoms with Gasteiger partial charge >= 0.3 is 0 Å². The van der Waals surface area contributed by atoms with Gasteiger partial charge in [0.1, 0.15) is 11.4 Å². The van der Waals surface area contributed by atoms with E-state index in [4.69, 9.17) is 0 Å². The molecule has 0 radical (unpaired) electrons. The van der Waals surface area contributed by atoms with Crippen LogP contribution < -0.4 is 0 Å². The number of carbonyl (C=O) groups excluding carboxylic acids is 3. The van der Waals surface area contributed by atoms with E-state index in [0.717, 1.165) is 11.6 Å². The Bertz CT molecular complexity index is 1150. The van der Waals surface area contributed by atoms with Crippen LogP contribution in [0.2, 0.25) is 0 Å². The van der Waals surface area contributed by atoms with E-state index in [1.165, 1.54) is 32.9 Å². The number of allylic oxidation sites excluding steroid dienone is 4. The summed E-state index contributed by atoms with van der Waals surface area (Å²) in [6.07, 6.45) is 5.85. The Morgan fingerprint density at radius 2 is 1.65 bits per heavy atom. The zero-order valence-electron chi connectivity index (χ0n) is 23.3. The molecule has 0 aromatic carbocycles. The third-order valence-corrected chi connectivity index (χ3v) is 10.8. The zero-order chi connectivity index (χ0) is 28.1. The predicted octanol–water partition coefficient (Wildman–Crippen LogP) is 3.62. The molecule has 2 fully saturated rings. The minimum Gasteiger partial charge on any atom is -0.505 e. The zero-order valence-corrected chi connectivity index (χ0v) is 23.3. The Labute approximate surface area is 219 Å². The second kappa shape index (κ2) is 7.96. The van der Waals surface area contributed by atoms with Gasteiger partial charge in [-0.05, 0) is 76.4 Å². The first-order valence-corrected chi connectivity index (χ1v) is 13.2. The van der Waals surface area contributed by atoms with E-state index in [1.807, 2.05) is 26.8 Å². The maximum Gasteiger partial charge on any atom is 0.206 e. The molecule has 7 nitrogen and oxygen atoms in total. The summed E-state index contributed by atoms with van der Waals surface area (Å²) < 4.78 is 0. The maximum absolute atomic E-state index is 14.2. The van der Waals surface area contributed by atoms with E-state index in [1.54, 1.807) is 13.8 Å². The van der Waals surface area contributed by atoms with E-state index in [-0.39, 0.29) is 29.7 Å². The molecule has 0 spiro atoms. The number of fused-ring (bicyclic) bond motifs is 5. The van der Waals surface area contributed by atoms with Crippen molar-refractivity contribution in [3.8, 4) is 0 Å². The second-order valence-electron chi connectivity index (χ2n) is 13.9. The molecule has 0 aromatic rings. The van der Waals surface area contributed by atoms with Crippen molar-refractivity contribution in [2.45, 2.75) is 92.0 Å². The average molecular weight is 515 g/mol. The minimum absolute atomic E-state index is 0.0453. The molecule has 0 aliphatic heterocycles. The van der Waals surface area contributed by atoms with Crippen LogP contribution in [0.15, 0.2) is 35.6 Å². The molecule has 0 amide bonds. The second-order valence-corrected chi connectivity index (χ2v) is 13.9. The Morgan fingerprint density at radius 1 is 1.05 bits per heavy atom. The lowest BCUT2D eigenvalue weighted by Crippen LogP contribution is -2.64. The molecule has 7 heteroatoms. The van der Waals surface area contributed by atoms with Gasteiger partial charge < -0.3 is 20.4 Å². The molecule has 4 aliphatic carbocycles. The molecular formula is C30H42O7. The smallest absolute Gasteiger partial charge is 0.206 e. The van der Waals surface area contributed by atoms with Crippen LogP contribution in [0.5, 0.6) is 0 Å². The van der Waals surface area contributed by atoms with Crippen molar-refractivity contribution in [2.75, 3.05) is 0 Å². The molecule has 0 aromatic heterocycles. The number of rotatable bonds is 4. The number of hydrogen-bond acceptors (Lipinski definition) is 7. The van der Waals surface area contributed by atoms with Crippen molar-refractivity contribution in [2.24, 2.45) is 39.4 Å². The fourth-order valence-electron chi connectivity index (χ4n) is 8.58. The molecule has 2 saturated carbocycles. The summed E-state index contributed by atoms with van der Waals surface area (Å²) in [5.74, 6) is -2.98. The van der Waals surface area contributed by atoms with Gasteiger partial charge in [0.2, 0.25) is 5.78 Å². The highest BCUT2D eigenvalue weighted by Crippen LogP contribution is 2.73. The van der Waals surface area contributed by atoms with E-state index in [9.17, 15) is 34.8 Å². The number of carbonyl (C=O) groups is 3. The van der Waals surface area contributed by atoms with E-state index in [0.29, 0.717) is 12.8 Å². The summed E-state index contributed by atoms with van der Waals surface area (Å²) in [6.45, 7) is 13.8. The number of aliphatic hydroxyl groups excluding tert-OH is 2. The van der Waals surface area contributed by atoms with Crippen LogP contribution in [0, 0.1) is 39.4 Å². The summed E-state index contributed by atoms with van der Waals surface area (Å²) in [5, 5.41) is 43.6. The van der Waals surface area contributed by atoms with Crippen LogP contribution >= 0.6 is 0 Å². The molecule has 0 saturated heterocycles. The van der Waals surface area contributed by atoms with Gasteiger partial charge in [0.05, 0.1) is 17.1 Å². The first-order chi connectivity index (χ1) is 16.7. The normalized spacial score (nSPS) is 42.9. The first-order valence-electron chi connectivity index (χ1n) is 13.2. The lowest BCUT2D eigenvalue weighted by Gasteiger charge is -2.63. The third-order valence-electron chi connectivity index (χ3n) is 10.8. The Balaban J connectivity index is 1.82. The fraction of sp³-hybridized carbons (Fsp3) is 0.700. The van der Waals surface area contributed by atoms with Crippen LogP contribution in [0.3, 0.4) is 0 Å². The fourth-order valence-corrected chi connectivity index (χ4v) is 8.58. The summed E-state index contributed by atoms with van der Waals surface area (Å²) in [6, 6.07) is 0. The van der Waals surface area contributed by atoms with E-state index in [2.05, 4.69) is 0 Å². The molecule has 4 rings (SSSR count). The van der Waals surface area contributed by atoms with E-state index < -0.39 is 56.6 Å². The van der Waals surface area contributed by atoms with Crippen LogP contribution in [-0.2, 0) is 14.4 Å². The lowest BCUT2D eigenvalue weighted by molar-refractivity contribution is -0.179. The monoisotopic (exact) mass is 514 g/mol. The predicted molar refractivity (Wildman–Crippen MR) is 138 cm³/mol. The standard InChI is InChI=1S/C30H42O7/c1-25(2,36)12-11-21(33)30(8,37)23-19(32)14-27(5)20-10-9-16-17(13-18(31)24(35)26(16,3)4)29(20,7)22(34)15-28(23,27)6/h9,11-13,17,19-20,23,31-32,36-37H,10,14-15H2,1-8H3/b12-11+/t17?,19-,20+,23?,27+,28-,29+,30+/m1/s1. The van der Waals surface area contributed by atoms with Gasteiger partial charge in [-0.2, -0.15) is 0 Å². The first kappa shape index (κ1) is 27.9. The van der Waals surface area contributed by atoms with Crippen molar-refractivity contribution in [3.05, 3.63) is 35.6 Å². The quantitative estimate of drug-likeness (QED) is 0.333. The van der Waals surface area contributed by atoms with Crippen molar-refractivity contribution in [3.63, 3.8) is 0 Å². The SMILES string of the molecule is CC(C)(O)/C=C/C(=O)[C@](C)(O)C1[C@H](O)C[C@@]2(C)[C@@H]3CC=C4C(C=C(O)C(=O)C4(C)C)[C@]3(C)C(=O)C[C@]12C. The van der Waals surface area contributed by atoms with Crippen LogP contribution in [0.25, 0.3) is 0 Å². The van der Waals surface area contributed by atoms with Gasteiger partial charge in [-0.1, -0.05) is 38.5 Å². The van der Waals surface area contributed by atoms with Crippen LogP contribution in [-0.4, -0.2) is 55.1 Å². The third kappa shape index (κ3) is 3.60. The Morgan fingerprint density at radius 3 is 2.22 bits per heavy atom. The van der Waals surface area contributed by atoms with Gasteiger partial charge in [-0.3, -0.25) is 14.4 Å². The maximum atomic E-state index is 14.2. The highest BCUT2D eigenvalue weighted by Gasteiger charge is 2.74. The molecule has 0 heterocycles. The number of ketones is 3. The molecule has 2 unspecified atom stereocenters. The van der Waals surface area contributed by atoms with Gasteiger partial charge in [-0.25, -0.2) is 0 Å².